The summed E-state index contributed by atoms with van der Waals surface area (Å²) in [7, 11) is -3.66. The van der Waals surface area contributed by atoms with Crippen LogP contribution in [0.2, 0.25) is 0 Å². The summed E-state index contributed by atoms with van der Waals surface area (Å²) in [5.74, 6) is -2.34. The number of methoxy groups -OCH3 is 1. The summed E-state index contributed by atoms with van der Waals surface area (Å²) >= 11 is 0. The van der Waals surface area contributed by atoms with Gasteiger partial charge in [-0.05, 0) is 55.0 Å². The molecule has 3 aromatic rings. The number of azo groups is 1. The van der Waals surface area contributed by atoms with Gasteiger partial charge in [0.25, 0.3) is 16.0 Å². The monoisotopic (exact) mass is 791 g/mol. The predicted octanol–water partition coefficient (Wildman–Crippen LogP) is 9.41. The van der Waals surface area contributed by atoms with E-state index in [1.807, 2.05) is 0 Å². The molecule has 0 radical (unpaired) electrons. The summed E-state index contributed by atoms with van der Waals surface area (Å²) in [6, 6.07) is 14.2. The van der Waals surface area contributed by atoms with Crippen molar-refractivity contribution in [3.05, 3.63) is 72.3 Å². The Labute approximate surface area is 329 Å². The van der Waals surface area contributed by atoms with Crippen LogP contribution in [0.4, 0.5) is 11.4 Å². The van der Waals surface area contributed by atoms with Crippen LogP contribution in [-0.2, 0) is 24.4 Å². The number of esters is 1. The summed E-state index contributed by atoms with van der Waals surface area (Å²) in [5, 5.41) is 26.2. The fraction of sp³-hybridized carbons (Fsp3) is 0.463. The van der Waals surface area contributed by atoms with E-state index in [1.54, 1.807) is 30.3 Å². The molecular formula is C41H53N5O9S. The molecular weight excluding hydrogens is 739 g/mol. The minimum Gasteiger partial charge on any atom is -0.506 e. The number of aromatic hydroxyl groups is 1. The molecule has 0 spiro atoms. The highest BCUT2D eigenvalue weighted by Gasteiger charge is 2.39. The van der Waals surface area contributed by atoms with Gasteiger partial charge >= 0.3 is 5.97 Å². The lowest BCUT2D eigenvalue weighted by Gasteiger charge is -2.15. The predicted molar refractivity (Wildman–Crippen MR) is 213 cm³/mol. The van der Waals surface area contributed by atoms with Crippen molar-refractivity contribution in [3.8, 4) is 17.2 Å². The molecule has 3 aromatic carbocycles. The molecule has 1 atom stereocenters. The standard InChI is InChI=1S/C41H53N5O9S/c1-3-4-5-6-7-8-9-10-11-12-13-14-15-16-20-23-37(48)42-39-38(44-43-33-28-30(41(50)54-2)24-26-34(33)47)40(49)46(45-39)31-25-27-35(36(29-31)56(51,52)53)55-32-21-18-17-19-22-32/h17-19,21-22,24-29,38,47H,3-16,20,23H2,1-2H3,(H,42,45,48)(H,51,52,53)/b44-43+. The van der Waals surface area contributed by atoms with Crippen molar-refractivity contribution in [1.82, 2.24) is 5.32 Å². The van der Waals surface area contributed by atoms with Crippen molar-refractivity contribution in [1.29, 1.82) is 0 Å². The molecule has 0 bridgehead atoms. The van der Waals surface area contributed by atoms with Crippen molar-refractivity contribution in [2.24, 2.45) is 15.3 Å². The molecule has 0 saturated carbocycles. The van der Waals surface area contributed by atoms with E-state index < -0.39 is 38.8 Å². The van der Waals surface area contributed by atoms with Crippen LogP contribution in [0, 0.1) is 0 Å². The zero-order valence-corrected chi connectivity index (χ0v) is 33.0. The summed E-state index contributed by atoms with van der Waals surface area (Å²) in [6.45, 7) is 2.24. The summed E-state index contributed by atoms with van der Waals surface area (Å²) in [6.07, 6.45) is 18.0. The maximum atomic E-state index is 13.8. The number of ether oxygens (including phenoxy) is 2. The molecule has 302 valence electrons. The number of nitrogens with zero attached hydrogens (tertiary/aromatic N) is 4. The van der Waals surface area contributed by atoms with Crippen LogP contribution >= 0.6 is 0 Å². The zero-order chi connectivity index (χ0) is 40.3. The highest BCUT2D eigenvalue weighted by molar-refractivity contribution is 7.86. The van der Waals surface area contributed by atoms with Crippen molar-refractivity contribution < 1.29 is 41.9 Å². The lowest BCUT2D eigenvalue weighted by molar-refractivity contribution is -0.119. The van der Waals surface area contributed by atoms with Gasteiger partial charge in [0.2, 0.25) is 11.9 Å². The lowest BCUT2D eigenvalue weighted by atomic mass is 10.0. The summed E-state index contributed by atoms with van der Waals surface area (Å²) in [4.78, 5) is 38.3. The van der Waals surface area contributed by atoms with Crippen molar-refractivity contribution in [2.75, 3.05) is 12.1 Å². The van der Waals surface area contributed by atoms with E-state index in [2.05, 4.69) is 27.6 Å². The largest absolute Gasteiger partial charge is 0.506 e. The second kappa shape index (κ2) is 22.4. The van der Waals surface area contributed by atoms with Crippen molar-refractivity contribution in [2.45, 2.75) is 121 Å². The van der Waals surface area contributed by atoms with Gasteiger partial charge in [0.15, 0.2) is 5.84 Å². The Hall–Kier alpha value is -5.15. The molecule has 1 aliphatic heterocycles. The first kappa shape index (κ1) is 43.6. The van der Waals surface area contributed by atoms with Gasteiger partial charge in [-0.25, -0.2) is 4.79 Å². The number of nitrogens with one attached hydrogen (secondary N) is 1. The van der Waals surface area contributed by atoms with Crippen molar-refractivity contribution in [3.63, 3.8) is 0 Å². The van der Waals surface area contributed by atoms with Gasteiger partial charge in [-0.2, -0.15) is 23.7 Å². The first-order valence-corrected chi connectivity index (χ1v) is 20.8. The minimum absolute atomic E-state index is 0.0693. The van der Waals surface area contributed by atoms with Gasteiger partial charge in [-0.1, -0.05) is 115 Å². The van der Waals surface area contributed by atoms with Gasteiger partial charge in [0.05, 0.1) is 18.4 Å². The van der Waals surface area contributed by atoms with Crippen LogP contribution in [0.1, 0.15) is 120 Å². The van der Waals surface area contributed by atoms with Gasteiger partial charge in [-0.15, -0.1) is 5.10 Å². The quantitative estimate of drug-likeness (QED) is 0.0363. The molecule has 15 heteroatoms. The molecule has 0 aliphatic carbocycles. The van der Waals surface area contributed by atoms with E-state index in [0.717, 1.165) is 30.3 Å². The van der Waals surface area contributed by atoms with Crippen LogP contribution < -0.4 is 15.1 Å². The third-order valence-electron chi connectivity index (χ3n) is 9.28. The molecule has 1 heterocycles. The topological polar surface area (TPSA) is 197 Å². The Morgan fingerprint density at radius 3 is 2.04 bits per heavy atom. The van der Waals surface area contributed by atoms with Gasteiger partial charge in [0, 0.05) is 6.42 Å². The molecule has 4 rings (SSSR count). The third kappa shape index (κ3) is 13.6. The van der Waals surface area contributed by atoms with Crippen LogP contribution in [0.5, 0.6) is 17.2 Å². The van der Waals surface area contributed by atoms with E-state index in [-0.39, 0.29) is 40.7 Å². The maximum Gasteiger partial charge on any atom is 0.337 e. The average molecular weight is 792 g/mol. The Balaban J connectivity index is 1.40. The lowest BCUT2D eigenvalue weighted by Crippen LogP contribution is -2.39. The molecule has 14 nitrogen and oxygen atoms in total. The normalized spacial score (nSPS) is 14.3. The summed E-state index contributed by atoms with van der Waals surface area (Å²) in [5.41, 5.74) is -0.163. The molecule has 0 fully saturated rings. The Morgan fingerprint density at radius 2 is 1.45 bits per heavy atom. The Kier molecular flexibility index (Phi) is 17.4. The number of para-hydroxylation sites is 1. The van der Waals surface area contributed by atoms with Crippen LogP contribution in [0.3, 0.4) is 0 Å². The van der Waals surface area contributed by atoms with E-state index >= 15 is 0 Å². The number of benzene rings is 3. The first-order valence-electron chi connectivity index (χ1n) is 19.4. The number of amides is 2. The number of rotatable bonds is 23. The van der Waals surface area contributed by atoms with E-state index in [4.69, 9.17) is 9.47 Å². The number of hydrogen-bond acceptors (Lipinski definition) is 11. The number of unbranched alkanes of at least 4 members (excludes halogenated alkanes) is 14. The number of phenols is 1. The Morgan fingerprint density at radius 1 is 0.839 bits per heavy atom. The second-order valence-electron chi connectivity index (χ2n) is 13.7. The van der Waals surface area contributed by atoms with E-state index in [0.29, 0.717) is 12.2 Å². The fourth-order valence-electron chi connectivity index (χ4n) is 6.19. The highest BCUT2D eigenvalue weighted by atomic mass is 32.2. The molecule has 2 amide bonds. The van der Waals surface area contributed by atoms with Gasteiger partial charge in [-0.3, -0.25) is 14.1 Å². The number of anilines is 1. The fourth-order valence-corrected chi connectivity index (χ4v) is 6.82. The number of phenolic OH excluding ortho intramolecular Hbond substituents is 1. The van der Waals surface area contributed by atoms with E-state index in [9.17, 15) is 32.5 Å². The summed E-state index contributed by atoms with van der Waals surface area (Å²) < 4.78 is 45.3. The van der Waals surface area contributed by atoms with Gasteiger partial charge in [0.1, 0.15) is 27.8 Å². The second-order valence-corrected chi connectivity index (χ2v) is 15.1. The number of carbonyl (C=O) groups excluding carboxylic acids is 3. The molecule has 3 N–H and O–H groups in total. The molecule has 1 aliphatic rings. The minimum atomic E-state index is -4.85. The number of hydrogen-bond donors (Lipinski definition) is 3. The van der Waals surface area contributed by atoms with Crippen LogP contribution in [0.25, 0.3) is 0 Å². The number of hydrazone groups is 1. The molecule has 0 aromatic heterocycles. The molecule has 56 heavy (non-hydrogen) atoms. The van der Waals surface area contributed by atoms with Gasteiger partial charge < -0.3 is 19.9 Å². The molecule has 1 unspecified atom stereocenters. The third-order valence-corrected chi connectivity index (χ3v) is 10.2. The first-order chi connectivity index (χ1) is 27.0. The molecule has 0 saturated heterocycles. The van der Waals surface area contributed by atoms with Crippen molar-refractivity contribution >= 4 is 45.1 Å². The smallest absolute Gasteiger partial charge is 0.337 e. The zero-order valence-electron chi connectivity index (χ0n) is 32.2. The Bertz CT molecular complexity index is 1940. The number of amidine groups is 1. The van der Waals surface area contributed by atoms with Crippen LogP contribution in [-0.4, -0.2) is 54.8 Å². The average Bonchev–Trinajstić information content (AvgIpc) is 3.49. The number of carbonyl (C=O) groups is 3. The van der Waals surface area contributed by atoms with Crippen LogP contribution in [0.15, 0.2) is 87.0 Å². The SMILES string of the molecule is CCCCCCCCCCCCCCCCCC(=O)NC1=NN(c2ccc(Oc3ccccc3)c(S(=O)(=O)O)c2)C(=O)C1/N=N/c1cc(C(=O)OC)ccc1O. The maximum absolute atomic E-state index is 13.8. The van der Waals surface area contributed by atoms with E-state index in [1.165, 1.54) is 108 Å². The highest BCUT2D eigenvalue weighted by Crippen LogP contribution is 2.35.